The zero-order valence-electron chi connectivity index (χ0n) is 13.5. The molecule has 0 radical (unpaired) electrons. The molecule has 0 spiro atoms. The summed E-state index contributed by atoms with van der Waals surface area (Å²) in [4.78, 5) is 13.2. The quantitative estimate of drug-likeness (QED) is 0.907. The molecule has 0 bridgehead atoms. The molecule has 132 valence electrons. The molecule has 2 unspecified atom stereocenters. The van der Waals surface area contributed by atoms with E-state index >= 15 is 0 Å². The van der Waals surface area contributed by atoms with Gasteiger partial charge < -0.3 is 5.11 Å². The number of hydrogen-bond acceptors (Lipinski definition) is 2. The first-order valence-electron chi connectivity index (χ1n) is 8.13. The van der Waals surface area contributed by atoms with Crippen molar-refractivity contribution in [1.82, 2.24) is 4.90 Å². The van der Waals surface area contributed by atoms with E-state index in [2.05, 4.69) is 0 Å². The van der Waals surface area contributed by atoms with Crippen LogP contribution in [0.3, 0.4) is 0 Å². The van der Waals surface area contributed by atoms with Crippen LogP contribution in [0.2, 0.25) is 0 Å². The highest BCUT2D eigenvalue weighted by Crippen LogP contribution is 2.34. The van der Waals surface area contributed by atoms with Crippen LogP contribution in [0.1, 0.15) is 30.0 Å². The summed E-state index contributed by atoms with van der Waals surface area (Å²) in [6.07, 6.45) is 1.19. The average Bonchev–Trinajstić information content (AvgIpc) is 2.57. The highest BCUT2D eigenvalue weighted by molar-refractivity contribution is 5.70. The second kappa shape index (κ2) is 7.27. The maximum absolute atomic E-state index is 14.4. The molecule has 1 N–H and O–H groups in total. The fourth-order valence-corrected chi connectivity index (χ4v) is 3.43. The molecule has 1 aliphatic rings. The molecule has 1 heterocycles. The zero-order chi connectivity index (χ0) is 18.0. The summed E-state index contributed by atoms with van der Waals surface area (Å²) < 4.78 is 41.4. The minimum Gasteiger partial charge on any atom is -0.481 e. The second-order valence-corrected chi connectivity index (χ2v) is 6.30. The van der Waals surface area contributed by atoms with Crippen LogP contribution < -0.4 is 0 Å². The van der Waals surface area contributed by atoms with E-state index in [1.807, 2.05) is 4.90 Å². The van der Waals surface area contributed by atoms with E-state index in [0.717, 1.165) is 12.1 Å². The Kier molecular flexibility index (Phi) is 5.08. The molecule has 0 aliphatic carbocycles. The van der Waals surface area contributed by atoms with Crippen LogP contribution in [0.5, 0.6) is 0 Å². The van der Waals surface area contributed by atoms with Crippen molar-refractivity contribution < 1.29 is 23.1 Å². The number of benzene rings is 2. The number of halogens is 3. The van der Waals surface area contributed by atoms with Crippen LogP contribution >= 0.6 is 0 Å². The lowest BCUT2D eigenvalue weighted by Crippen LogP contribution is -2.41. The molecule has 2 atom stereocenters. The van der Waals surface area contributed by atoms with Crippen LogP contribution in [0.4, 0.5) is 13.2 Å². The van der Waals surface area contributed by atoms with Crippen molar-refractivity contribution >= 4 is 5.97 Å². The molecule has 1 fully saturated rings. The van der Waals surface area contributed by atoms with E-state index in [0.29, 0.717) is 24.9 Å². The van der Waals surface area contributed by atoms with E-state index in [9.17, 15) is 23.1 Å². The topological polar surface area (TPSA) is 40.5 Å². The van der Waals surface area contributed by atoms with Gasteiger partial charge in [0.05, 0.1) is 12.0 Å². The number of rotatable bonds is 4. The van der Waals surface area contributed by atoms with Gasteiger partial charge in [-0.25, -0.2) is 13.2 Å². The summed E-state index contributed by atoms with van der Waals surface area (Å²) in [5, 5.41) is 9.30. The van der Waals surface area contributed by atoms with E-state index in [4.69, 9.17) is 0 Å². The fourth-order valence-electron chi connectivity index (χ4n) is 3.43. The first kappa shape index (κ1) is 17.5. The van der Waals surface area contributed by atoms with Gasteiger partial charge in [-0.15, -0.1) is 0 Å². The van der Waals surface area contributed by atoms with Gasteiger partial charge in [-0.2, -0.15) is 0 Å². The molecule has 0 aromatic heterocycles. The highest BCUT2D eigenvalue weighted by Gasteiger charge is 2.32. The summed E-state index contributed by atoms with van der Waals surface area (Å²) in [7, 11) is 0. The smallest absolute Gasteiger partial charge is 0.307 e. The van der Waals surface area contributed by atoms with E-state index < -0.39 is 35.4 Å². The largest absolute Gasteiger partial charge is 0.481 e. The number of nitrogens with zero attached hydrogens (tertiary/aromatic N) is 1. The summed E-state index contributed by atoms with van der Waals surface area (Å²) in [5.74, 6) is -3.35. The normalized spacial score (nSPS) is 19.6. The van der Waals surface area contributed by atoms with Gasteiger partial charge in [0.15, 0.2) is 0 Å². The number of aliphatic carboxylic acids is 1. The number of hydrogen-bond donors (Lipinski definition) is 1. The first-order valence-corrected chi connectivity index (χ1v) is 8.13. The monoisotopic (exact) mass is 349 g/mol. The summed E-state index contributed by atoms with van der Waals surface area (Å²) >= 11 is 0. The number of carbonyl (C=O) groups is 1. The Bertz CT molecular complexity index is 781. The average molecular weight is 349 g/mol. The standard InChI is InChI=1S/C19H18F3NO2/c20-14-5-1-3-12(9-14)18(16-7-6-15(21)10-17(16)22)23-8-2-4-13(11-23)19(24)25/h1,3,5-7,9-10,13,18H,2,4,8,11H2,(H,24,25). The maximum Gasteiger partial charge on any atom is 0.307 e. The third kappa shape index (κ3) is 3.85. The van der Waals surface area contributed by atoms with Gasteiger partial charge in [0.2, 0.25) is 0 Å². The van der Waals surface area contributed by atoms with Crippen molar-refractivity contribution in [3.8, 4) is 0 Å². The Morgan fingerprint density at radius 3 is 2.56 bits per heavy atom. The zero-order valence-corrected chi connectivity index (χ0v) is 13.5. The molecule has 2 aromatic carbocycles. The summed E-state index contributed by atoms with van der Waals surface area (Å²) in [6.45, 7) is 0.787. The van der Waals surface area contributed by atoms with Crippen molar-refractivity contribution in [3.05, 3.63) is 71.0 Å². The molecular weight excluding hydrogens is 331 g/mol. The van der Waals surface area contributed by atoms with Crippen LogP contribution in [-0.2, 0) is 4.79 Å². The second-order valence-electron chi connectivity index (χ2n) is 6.30. The van der Waals surface area contributed by atoms with Crippen molar-refractivity contribution in [2.24, 2.45) is 5.92 Å². The highest BCUT2D eigenvalue weighted by atomic mass is 19.1. The molecule has 3 rings (SSSR count). The number of carboxylic acid groups (broad SMARTS) is 1. The van der Waals surface area contributed by atoms with Gasteiger partial charge in [0.25, 0.3) is 0 Å². The van der Waals surface area contributed by atoms with Crippen LogP contribution in [-0.4, -0.2) is 29.1 Å². The van der Waals surface area contributed by atoms with Crippen molar-refractivity contribution in [2.45, 2.75) is 18.9 Å². The maximum atomic E-state index is 14.4. The van der Waals surface area contributed by atoms with E-state index in [1.165, 1.54) is 24.3 Å². The van der Waals surface area contributed by atoms with Gasteiger partial charge in [-0.05, 0) is 43.1 Å². The predicted octanol–water partition coefficient (Wildman–Crippen LogP) is 3.99. The number of likely N-dealkylation sites (tertiary alicyclic amines) is 1. The van der Waals surface area contributed by atoms with Crippen molar-refractivity contribution in [3.63, 3.8) is 0 Å². The van der Waals surface area contributed by atoms with Crippen LogP contribution in [0.15, 0.2) is 42.5 Å². The molecule has 1 saturated heterocycles. The first-order chi connectivity index (χ1) is 12.0. The van der Waals surface area contributed by atoms with Gasteiger partial charge in [0, 0.05) is 18.2 Å². The van der Waals surface area contributed by atoms with Crippen LogP contribution in [0, 0.1) is 23.4 Å². The Morgan fingerprint density at radius 1 is 1.12 bits per heavy atom. The Balaban J connectivity index is 2.04. The summed E-state index contributed by atoms with van der Waals surface area (Å²) in [5.41, 5.74) is 0.717. The lowest BCUT2D eigenvalue weighted by Gasteiger charge is -2.37. The van der Waals surface area contributed by atoms with Gasteiger partial charge in [-0.3, -0.25) is 9.69 Å². The predicted molar refractivity (Wildman–Crippen MR) is 86.5 cm³/mol. The number of carboxylic acids is 1. The Morgan fingerprint density at radius 2 is 1.88 bits per heavy atom. The van der Waals surface area contributed by atoms with Gasteiger partial charge in [-0.1, -0.05) is 18.2 Å². The minimum atomic E-state index is -0.901. The third-order valence-corrected chi connectivity index (χ3v) is 4.59. The van der Waals surface area contributed by atoms with E-state index in [-0.39, 0.29) is 12.1 Å². The third-order valence-electron chi connectivity index (χ3n) is 4.59. The lowest BCUT2D eigenvalue weighted by molar-refractivity contribution is -0.143. The fraction of sp³-hybridized carbons (Fsp3) is 0.316. The molecular formula is C19H18F3NO2. The lowest BCUT2D eigenvalue weighted by atomic mass is 9.91. The Labute approximate surface area is 143 Å². The molecule has 0 saturated carbocycles. The molecule has 2 aromatic rings. The molecule has 6 heteroatoms. The van der Waals surface area contributed by atoms with Gasteiger partial charge in [0.1, 0.15) is 17.5 Å². The summed E-state index contributed by atoms with van der Waals surface area (Å²) in [6, 6.07) is 8.40. The van der Waals surface area contributed by atoms with Gasteiger partial charge >= 0.3 is 5.97 Å². The number of piperidine rings is 1. The Hall–Kier alpha value is -2.34. The molecule has 25 heavy (non-hydrogen) atoms. The SMILES string of the molecule is O=C(O)C1CCCN(C(c2cccc(F)c2)c2ccc(F)cc2F)C1. The molecule has 1 aliphatic heterocycles. The molecule has 0 amide bonds. The van der Waals surface area contributed by atoms with Crippen LogP contribution in [0.25, 0.3) is 0 Å². The van der Waals surface area contributed by atoms with Crippen molar-refractivity contribution in [2.75, 3.05) is 13.1 Å². The molecule has 3 nitrogen and oxygen atoms in total. The van der Waals surface area contributed by atoms with Crippen molar-refractivity contribution in [1.29, 1.82) is 0 Å². The van der Waals surface area contributed by atoms with E-state index in [1.54, 1.807) is 6.07 Å². The minimum absolute atomic E-state index is 0.207.